The van der Waals surface area contributed by atoms with Gasteiger partial charge in [-0.2, -0.15) is 0 Å². The number of rotatable bonds is 7. The van der Waals surface area contributed by atoms with E-state index in [0.717, 1.165) is 22.7 Å². The summed E-state index contributed by atoms with van der Waals surface area (Å²) in [6, 6.07) is 21.0. The molecule has 0 spiro atoms. The van der Waals surface area contributed by atoms with Gasteiger partial charge in [0.25, 0.3) is 5.56 Å². The van der Waals surface area contributed by atoms with Gasteiger partial charge in [-0.3, -0.25) is 9.36 Å². The Bertz CT molecular complexity index is 1270. The van der Waals surface area contributed by atoms with Crippen molar-refractivity contribution in [3.8, 4) is 17.2 Å². The molecule has 0 bridgehead atoms. The lowest BCUT2D eigenvalue weighted by molar-refractivity contribution is 0.342. The number of ether oxygens (including phenoxy) is 2. The molecule has 31 heavy (non-hydrogen) atoms. The number of methoxy groups -OCH3 is 1. The van der Waals surface area contributed by atoms with Crippen LogP contribution >= 0.6 is 11.8 Å². The van der Waals surface area contributed by atoms with Gasteiger partial charge in [0.1, 0.15) is 11.5 Å². The number of aryl methyl sites for hydroxylation is 2. The zero-order chi connectivity index (χ0) is 21.8. The highest BCUT2D eigenvalue weighted by Crippen LogP contribution is 2.23. The van der Waals surface area contributed by atoms with Crippen LogP contribution in [0.5, 0.6) is 11.5 Å². The lowest BCUT2D eigenvalue weighted by atomic mass is 10.1. The molecule has 0 N–H and O–H groups in total. The Morgan fingerprint density at radius 3 is 2.42 bits per heavy atom. The number of fused-ring (bicyclic) bond motifs is 1. The van der Waals surface area contributed by atoms with Gasteiger partial charge in [0.05, 0.1) is 30.3 Å². The molecule has 4 aromatic rings. The number of nitrogens with zero attached hydrogens (tertiary/aromatic N) is 2. The molecule has 0 radical (unpaired) electrons. The van der Waals surface area contributed by atoms with Crippen molar-refractivity contribution in [1.29, 1.82) is 0 Å². The summed E-state index contributed by atoms with van der Waals surface area (Å²) in [6.45, 7) is 4.60. The Kier molecular flexibility index (Phi) is 6.28. The highest BCUT2D eigenvalue weighted by atomic mass is 32.2. The van der Waals surface area contributed by atoms with Crippen LogP contribution in [0.4, 0.5) is 0 Å². The normalized spacial score (nSPS) is 10.9. The molecule has 0 aliphatic carbocycles. The van der Waals surface area contributed by atoms with Gasteiger partial charge in [-0.05, 0) is 73.5 Å². The van der Waals surface area contributed by atoms with Crippen LogP contribution in [0.2, 0.25) is 0 Å². The molecule has 0 saturated carbocycles. The molecule has 0 atom stereocenters. The lowest BCUT2D eigenvalue weighted by Crippen LogP contribution is -2.22. The maximum atomic E-state index is 13.3. The number of benzene rings is 3. The minimum absolute atomic E-state index is 0.0626. The second-order valence-electron chi connectivity index (χ2n) is 7.19. The van der Waals surface area contributed by atoms with Crippen molar-refractivity contribution < 1.29 is 9.47 Å². The number of hydrogen-bond donors (Lipinski definition) is 0. The average molecular weight is 433 g/mol. The van der Waals surface area contributed by atoms with E-state index in [-0.39, 0.29) is 5.56 Å². The molecule has 0 fully saturated rings. The van der Waals surface area contributed by atoms with Crippen molar-refractivity contribution in [3.05, 3.63) is 88.2 Å². The minimum Gasteiger partial charge on any atom is -0.497 e. The summed E-state index contributed by atoms with van der Waals surface area (Å²) in [6.07, 6.45) is 0. The van der Waals surface area contributed by atoms with Crippen LogP contribution in [-0.4, -0.2) is 29.0 Å². The molecule has 1 aromatic heterocycles. The molecule has 0 saturated heterocycles. The third-order valence-electron chi connectivity index (χ3n) is 5.14. The third kappa shape index (κ3) is 4.59. The van der Waals surface area contributed by atoms with E-state index in [0.29, 0.717) is 28.4 Å². The van der Waals surface area contributed by atoms with Crippen molar-refractivity contribution >= 4 is 22.7 Å². The summed E-state index contributed by atoms with van der Waals surface area (Å²) >= 11 is 1.51. The Labute approximate surface area is 185 Å². The first-order chi connectivity index (χ1) is 15.1. The Balaban J connectivity index is 1.60. The maximum Gasteiger partial charge on any atom is 0.266 e. The van der Waals surface area contributed by atoms with Crippen LogP contribution in [0.1, 0.15) is 11.1 Å². The fourth-order valence-electron chi connectivity index (χ4n) is 3.27. The fourth-order valence-corrected chi connectivity index (χ4v) is 4.10. The third-order valence-corrected chi connectivity index (χ3v) is 6.04. The Morgan fingerprint density at radius 2 is 1.68 bits per heavy atom. The van der Waals surface area contributed by atoms with Gasteiger partial charge in [0.2, 0.25) is 0 Å². The zero-order valence-electron chi connectivity index (χ0n) is 17.8. The summed E-state index contributed by atoms with van der Waals surface area (Å²) < 4.78 is 12.7. The highest BCUT2D eigenvalue weighted by Gasteiger charge is 2.14. The van der Waals surface area contributed by atoms with E-state index in [1.54, 1.807) is 11.7 Å². The maximum absolute atomic E-state index is 13.3. The monoisotopic (exact) mass is 432 g/mol. The predicted octanol–water partition coefficient (Wildman–Crippen LogP) is 5.18. The van der Waals surface area contributed by atoms with Crippen LogP contribution < -0.4 is 15.0 Å². The molecule has 0 aliphatic heterocycles. The van der Waals surface area contributed by atoms with Gasteiger partial charge >= 0.3 is 0 Å². The summed E-state index contributed by atoms with van der Waals surface area (Å²) in [5.74, 6) is 2.22. The molecule has 0 amide bonds. The minimum atomic E-state index is -0.0626. The second-order valence-corrected chi connectivity index (χ2v) is 8.26. The quantitative estimate of drug-likeness (QED) is 0.229. The predicted molar refractivity (Wildman–Crippen MR) is 126 cm³/mol. The van der Waals surface area contributed by atoms with Crippen LogP contribution in [0, 0.1) is 13.8 Å². The van der Waals surface area contributed by atoms with Gasteiger partial charge < -0.3 is 9.47 Å². The molecule has 4 rings (SSSR count). The van der Waals surface area contributed by atoms with Crippen LogP contribution in [0.25, 0.3) is 16.6 Å². The van der Waals surface area contributed by atoms with Crippen LogP contribution in [-0.2, 0) is 0 Å². The van der Waals surface area contributed by atoms with Crippen LogP contribution in [0.15, 0.2) is 76.7 Å². The summed E-state index contributed by atoms with van der Waals surface area (Å²) in [4.78, 5) is 18.1. The van der Waals surface area contributed by atoms with Crippen LogP contribution in [0.3, 0.4) is 0 Å². The molecule has 0 unspecified atom stereocenters. The van der Waals surface area contributed by atoms with Crippen molar-refractivity contribution in [1.82, 2.24) is 9.55 Å². The molecule has 1 heterocycles. The number of hydrogen-bond acceptors (Lipinski definition) is 5. The Hall–Kier alpha value is -3.25. The molecule has 3 aromatic carbocycles. The fraction of sp³-hybridized carbons (Fsp3) is 0.200. The molecular weight excluding hydrogens is 408 g/mol. The first-order valence-electron chi connectivity index (χ1n) is 10.1. The van der Waals surface area contributed by atoms with E-state index in [1.807, 2.05) is 73.7 Å². The summed E-state index contributed by atoms with van der Waals surface area (Å²) in [5.41, 5.74) is 3.78. The van der Waals surface area contributed by atoms with E-state index in [4.69, 9.17) is 14.5 Å². The summed E-state index contributed by atoms with van der Waals surface area (Å²) in [7, 11) is 1.64. The van der Waals surface area contributed by atoms with E-state index in [2.05, 4.69) is 6.92 Å². The molecule has 0 aliphatic rings. The lowest BCUT2D eigenvalue weighted by Gasteiger charge is -2.14. The van der Waals surface area contributed by atoms with Gasteiger partial charge in [0, 0.05) is 5.75 Å². The SMILES string of the molecule is COc1ccc(OCCSc2nc3ccccc3c(=O)n2-c2ccc(C)c(C)c2)cc1. The van der Waals surface area contributed by atoms with Gasteiger partial charge in [-0.25, -0.2) is 4.98 Å². The smallest absolute Gasteiger partial charge is 0.266 e. The van der Waals surface area contributed by atoms with Crippen molar-refractivity contribution in [2.24, 2.45) is 0 Å². The number of para-hydroxylation sites is 1. The van der Waals surface area contributed by atoms with E-state index in [9.17, 15) is 4.79 Å². The average Bonchev–Trinajstić information content (AvgIpc) is 2.79. The van der Waals surface area contributed by atoms with Gasteiger partial charge in [-0.15, -0.1) is 0 Å². The number of aromatic nitrogens is 2. The zero-order valence-corrected chi connectivity index (χ0v) is 18.6. The molecule has 5 nitrogen and oxygen atoms in total. The first kappa shape index (κ1) is 21.0. The highest BCUT2D eigenvalue weighted by molar-refractivity contribution is 7.99. The van der Waals surface area contributed by atoms with E-state index in [1.165, 1.54) is 17.3 Å². The number of thioether (sulfide) groups is 1. The standard InChI is InChI=1S/C25H24N2O3S/c1-17-8-9-19(16-18(17)2)27-24(28)22-6-4-5-7-23(22)26-25(27)31-15-14-30-21-12-10-20(29-3)11-13-21/h4-13,16H,14-15H2,1-3H3. The van der Waals surface area contributed by atoms with Crippen molar-refractivity contribution in [2.45, 2.75) is 19.0 Å². The van der Waals surface area contributed by atoms with Gasteiger partial charge in [0.15, 0.2) is 5.16 Å². The largest absolute Gasteiger partial charge is 0.497 e. The topological polar surface area (TPSA) is 53.4 Å². The first-order valence-corrected chi connectivity index (χ1v) is 11.0. The van der Waals surface area contributed by atoms with Crippen molar-refractivity contribution in [2.75, 3.05) is 19.5 Å². The Morgan fingerprint density at radius 1 is 0.935 bits per heavy atom. The van der Waals surface area contributed by atoms with E-state index < -0.39 is 0 Å². The van der Waals surface area contributed by atoms with E-state index >= 15 is 0 Å². The second kappa shape index (κ2) is 9.27. The molecular formula is C25H24N2O3S. The van der Waals surface area contributed by atoms with Gasteiger partial charge in [-0.1, -0.05) is 30.0 Å². The van der Waals surface area contributed by atoms with Crippen molar-refractivity contribution in [3.63, 3.8) is 0 Å². The molecule has 158 valence electrons. The summed E-state index contributed by atoms with van der Waals surface area (Å²) in [5, 5.41) is 1.27. The molecule has 6 heteroatoms.